The first-order valence-electron chi connectivity index (χ1n) is 6.27. The SMILES string of the molecule is Cc1ncc(CNC(=O)C(N)Cc2ccc(O)cc2)s1. The Labute approximate surface area is 121 Å². The molecule has 0 aliphatic rings. The van der Waals surface area contributed by atoms with Crippen LogP contribution in [0.1, 0.15) is 15.4 Å². The number of benzene rings is 1. The molecule has 0 saturated heterocycles. The molecule has 6 heteroatoms. The Balaban J connectivity index is 1.84. The molecule has 106 valence electrons. The number of nitrogens with one attached hydrogen (secondary N) is 1. The van der Waals surface area contributed by atoms with E-state index < -0.39 is 6.04 Å². The third-order valence-electron chi connectivity index (χ3n) is 2.83. The first-order chi connectivity index (χ1) is 9.54. The molecule has 4 N–H and O–H groups in total. The number of carbonyl (C=O) groups is 1. The fourth-order valence-electron chi connectivity index (χ4n) is 1.77. The summed E-state index contributed by atoms with van der Waals surface area (Å²) in [4.78, 5) is 17.0. The van der Waals surface area contributed by atoms with E-state index in [-0.39, 0.29) is 11.7 Å². The van der Waals surface area contributed by atoms with Gasteiger partial charge in [0.1, 0.15) is 5.75 Å². The van der Waals surface area contributed by atoms with E-state index in [9.17, 15) is 9.90 Å². The van der Waals surface area contributed by atoms with E-state index >= 15 is 0 Å². The number of amides is 1. The molecule has 2 aromatic rings. The van der Waals surface area contributed by atoms with Crippen molar-refractivity contribution in [3.8, 4) is 5.75 Å². The van der Waals surface area contributed by atoms with Gasteiger partial charge in [0.25, 0.3) is 0 Å². The summed E-state index contributed by atoms with van der Waals surface area (Å²) in [5.41, 5.74) is 6.79. The Bertz CT molecular complexity index is 580. The molecule has 0 saturated carbocycles. The molecule has 0 fully saturated rings. The minimum atomic E-state index is -0.603. The molecule has 20 heavy (non-hydrogen) atoms. The van der Waals surface area contributed by atoms with Gasteiger partial charge in [-0.2, -0.15) is 0 Å². The summed E-state index contributed by atoms with van der Waals surface area (Å²) in [5, 5.41) is 13.0. The van der Waals surface area contributed by atoms with Crippen LogP contribution in [0.4, 0.5) is 0 Å². The zero-order valence-electron chi connectivity index (χ0n) is 11.2. The lowest BCUT2D eigenvalue weighted by molar-refractivity contribution is -0.122. The molecule has 1 aromatic carbocycles. The van der Waals surface area contributed by atoms with Gasteiger partial charge in [-0.1, -0.05) is 12.1 Å². The standard InChI is InChI=1S/C14H17N3O2S/c1-9-16-7-12(20-9)8-17-14(19)13(15)6-10-2-4-11(18)5-3-10/h2-5,7,13,18H,6,8,15H2,1H3,(H,17,19). The van der Waals surface area contributed by atoms with Gasteiger partial charge in [0.15, 0.2) is 0 Å². The molecule has 0 aliphatic carbocycles. The van der Waals surface area contributed by atoms with E-state index in [4.69, 9.17) is 5.73 Å². The quantitative estimate of drug-likeness (QED) is 0.775. The third-order valence-corrected chi connectivity index (χ3v) is 3.75. The maximum absolute atomic E-state index is 11.9. The predicted molar refractivity (Wildman–Crippen MR) is 78.5 cm³/mol. The summed E-state index contributed by atoms with van der Waals surface area (Å²) in [6.07, 6.45) is 2.19. The van der Waals surface area contributed by atoms with Gasteiger partial charge in [0.2, 0.25) is 5.91 Å². The molecule has 2 rings (SSSR count). The van der Waals surface area contributed by atoms with Crippen LogP contribution in [-0.4, -0.2) is 22.0 Å². The number of carbonyl (C=O) groups excluding carboxylic acids is 1. The van der Waals surface area contributed by atoms with Gasteiger partial charge in [0, 0.05) is 11.1 Å². The van der Waals surface area contributed by atoms with Crippen molar-refractivity contribution in [2.45, 2.75) is 25.9 Å². The normalized spacial score (nSPS) is 12.1. The highest BCUT2D eigenvalue weighted by atomic mass is 32.1. The van der Waals surface area contributed by atoms with Crippen LogP contribution >= 0.6 is 11.3 Å². The highest BCUT2D eigenvalue weighted by Gasteiger charge is 2.14. The zero-order valence-corrected chi connectivity index (χ0v) is 12.0. The van der Waals surface area contributed by atoms with Gasteiger partial charge in [-0.25, -0.2) is 4.98 Å². The minimum Gasteiger partial charge on any atom is -0.508 e. The van der Waals surface area contributed by atoms with E-state index in [1.165, 1.54) is 0 Å². The van der Waals surface area contributed by atoms with Crippen molar-refractivity contribution in [2.24, 2.45) is 5.73 Å². The average molecular weight is 291 g/mol. The van der Waals surface area contributed by atoms with Gasteiger partial charge in [-0.3, -0.25) is 4.79 Å². The lowest BCUT2D eigenvalue weighted by Gasteiger charge is -2.11. The lowest BCUT2D eigenvalue weighted by atomic mass is 10.1. The summed E-state index contributed by atoms with van der Waals surface area (Å²) in [6.45, 7) is 2.38. The highest BCUT2D eigenvalue weighted by Crippen LogP contribution is 2.12. The molecule has 0 spiro atoms. The van der Waals surface area contributed by atoms with Crippen LogP contribution in [0.15, 0.2) is 30.5 Å². The van der Waals surface area contributed by atoms with Crippen molar-refractivity contribution in [3.05, 3.63) is 45.9 Å². The van der Waals surface area contributed by atoms with E-state index in [0.717, 1.165) is 15.4 Å². The van der Waals surface area contributed by atoms with Crippen LogP contribution < -0.4 is 11.1 Å². The van der Waals surface area contributed by atoms with Gasteiger partial charge in [-0.05, 0) is 31.0 Å². The lowest BCUT2D eigenvalue weighted by Crippen LogP contribution is -2.41. The average Bonchev–Trinajstić information content (AvgIpc) is 2.84. The van der Waals surface area contributed by atoms with E-state index in [1.54, 1.807) is 41.8 Å². The van der Waals surface area contributed by atoms with Crippen LogP contribution in [0.3, 0.4) is 0 Å². The summed E-state index contributed by atoms with van der Waals surface area (Å²) in [5.74, 6) is 0.0106. The maximum Gasteiger partial charge on any atom is 0.237 e. The molecule has 5 nitrogen and oxygen atoms in total. The van der Waals surface area contributed by atoms with Gasteiger partial charge in [-0.15, -0.1) is 11.3 Å². The molecule has 0 radical (unpaired) electrons. The molecule has 1 aromatic heterocycles. The number of phenols is 1. The maximum atomic E-state index is 11.9. The minimum absolute atomic E-state index is 0.191. The second-order valence-electron chi connectivity index (χ2n) is 4.54. The second kappa shape index (κ2) is 6.49. The number of thiazole rings is 1. The Morgan fingerprint density at radius 2 is 2.15 bits per heavy atom. The van der Waals surface area contributed by atoms with Gasteiger partial charge in [0.05, 0.1) is 17.6 Å². The van der Waals surface area contributed by atoms with Crippen molar-refractivity contribution in [3.63, 3.8) is 0 Å². The smallest absolute Gasteiger partial charge is 0.237 e. The zero-order chi connectivity index (χ0) is 14.5. The molecule has 1 unspecified atom stereocenters. The van der Waals surface area contributed by atoms with E-state index in [0.29, 0.717) is 13.0 Å². The molecule has 1 amide bonds. The Kier molecular flexibility index (Phi) is 4.70. The van der Waals surface area contributed by atoms with Gasteiger partial charge < -0.3 is 16.2 Å². The van der Waals surface area contributed by atoms with E-state index in [2.05, 4.69) is 10.3 Å². The van der Waals surface area contributed by atoms with Crippen LogP contribution in [0.2, 0.25) is 0 Å². The van der Waals surface area contributed by atoms with Crippen molar-refractivity contribution in [1.82, 2.24) is 10.3 Å². The molecule has 0 bridgehead atoms. The first-order valence-corrected chi connectivity index (χ1v) is 7.09. The van der Waals surface area contributed by atoms with Crippen molar-refractivity contribution in [2.75, 3.05) is 0 Å². The van der Waals surface area contributed by atoms with Crippen LogP contribution in [-0.2, 0) is 17.8 Å². The van der Waals surface area contributed by atoms with Crippen molar-refractivity contribution < 1.29 is 9.90 Å². The summed E-state index contributed by atoms with van der Waals surface area (Å²) in [7, 11) is 0. The summed E-state index contributed by atoms with van der Waals surface area (Å²) < 4.78 is 0. The Morgan fingerprint density at radius 1 is 1.45 bits per heavy atom. The molecule has 1 atom stereocenters. The summed E-state index contributed by atoms with van der Waals surface area (Å²) >= 11 is 1.55. The number of phenolic OH excluding ortho intramolecular Hbond substituents is 1. The van der Waals surface area contributed by atoms with Crippen molar-refractivity contribution in [1.29, 1.82) is 0 Å². The second-order valence-corrected chi connectivity index (χ2v) is 5.86. The number of rotatable bonds is 5. The van der Waals surface area contributed by atoms with Crippen molar-refractivity contribution >= 4 is 17.2 Å². The monoisotopic (exact) mass is 291 g/mol. The number of nitrogens with two attached hydrogens (primary N) is 1. The molecular weight excluding hydrogens is 274 g/mol. The van der Waals surface area contributed by atoms with Gasteiger partial charge >= 0.3 is 0 Å². The Morgan fingerprint density at radius 3 is 2.75 bits per heavy atom. The first kappa shape index (κ1) is 14.5. The fourth-order valence-corrected chi connectivity index (χ4v) is 2.51. The van der Waals surface area contributed by atoms with Crippen LogP contribution in [0.25, 0.3) is 0 Å². The third kappa shape index (κ3) is 4.04. The molecule has 1 heterocycles. The van der Waals surface area contributed by atoms with E-state index in [1.807, 2.05) is 6.92 Å². The van der Waals surface area contributed by atoms with Crippen LogP contribution in [0, 0.1) is 6.92 Å². The fraction of sp³-hybridized carbons (Fsp3) is 0.286. The topological polar surface area (TPSA) is 88.2 Å². The largest absolute Gasteiger partial charge is 0.508 e. The number of nitrogens with zero attached hydrogens (tertiary/aromatic N) is 1. The summed E-state index contributed by atoms with van der Waals surface area (Å²) in [6, 6.07) is 6.08. The van der Waals surface area contributed by atoms with Crippen LogP contribution in [0.5, 0.6) is 5.75 Å². The molecule has 0 aliphatic heterocycles. The predicted octanol–water partition coefficient (Wildman–Crippen LogP) is 1.34. The Hall–Kier alpha value is -1.92. The molecular formula is C14H17N3O2S. The number of aryl methyl sites for hydroxylation is 1. The highest BCUT2D eigenvalue weighted by molar-refractivity contribution is 7.11. The number of aromatic nitrogens is 1. The number of aromatic hydroxyl groups is 1. The number of hydrogen-bond acceptors (Lipinski definition) is 5. The number of hydrogen-bond donors (Lipinski definition) is 3.